The number of aromatic nitrogens is 1. The van der Waals surface area contributed by atoms with Gasteiger partial charge in [0.05, 0.1) is 30.9 Å². The molecule has 0 atom stereocenters. The first-order valence-electron chi connectivity index (χ1n) is 7.57. The summed E-state index contributed by atoms with van der Waals surface area (Å²) in [7, 11) is 3.02. The Morgan fingerprint density at radius 2 is 1.79 bits per heavy atom. The fourth-order valence-electron chi connectivity index (χ4n) is 2.59. The molecule has 0 aliphatic carbocycles. The normalized spacial score (nSPS) is 10.5. The number of carbonyl (C=O) groups excluding carboxylic acids is 1. The summed E-state index contributed by atoms with van der Waals surface area (Å²) in [4.78, 5) is 14.9. The van der Waals surface area contributed by atoms with Gasteiger partial charge in [0.15, 0.2) is 5.69 Å². The fourth-order valence-corrected chi connectivity index (χ4v) is 2.59. The molecule has 2 aromatic carbocycles. The van der Waals surface area contributed by atoms with Crippen LogP contribution in [0.5, 0.6) is 5.75 Å². The van der Waals surface area contributed by atoms with Crippen LogP contribution in [-0.2, 0) is 4.74 Å². The summed E-state index contributed by atoms with van der Waals surface area (Å²) in [5, 5.41) is 4.42. The van der Waals surface area contributed by atoms with Crippen LogP contribution in [0.4, 0.5) is 11.4 Å². The van der Waals surface area contributed by atoms with Gasteiger partial charge in [0, 0.05) is 24.7 Å². The van der Waals surface area contributed by atoms with E-state index in [0.717, 1.165) is 33.7 Å². The number of nitrogens with one attached hydrogen (secondary N) is 2. The summed E-state index contributed by atoms with van der Waals surface area (Å²) in [6, 6.07) is 15.1. The van der Waals surface area contributed by atoms with Crippen molar-refractivity contribution in [2.75, 3.05) is 19.5 Å². The van der Waals surface area contributed by atoms with Crippen LogP contribution in [0.15, 0.2) is 48.5 Å². The van der Waals surface area contributed by atoms with E-state index in [2.05, 4.69) is 10.3 Å². The first-order chi connectivity index (χ1) is 11.6. The summed E-state index contributed by atoms with van der Waals surface area (Å²) < 4.78 is 10.0. The Kier molecular flexibility index (Phi) is 4.33. The van der Waals surface area contributed by atoms with Gasteiger partial charge in [-0.1, -0.05) is 0 Å². The summed E-state index contributed by atoms with van der Waals surface area (Å²) in [5.74, 6) is 0.450. The first-order valence-corrected chi connectivity index (χ1v) is 7.57. The van der Waals surface area contributed by atoms with Crippen molar-refractivity contribution in [1.82, 2.24) is 0 Å². The van der Waals surface area contributed by atoms with E-state index in [1.165, 1.54) is 7.11 Å². The van der Waals surface area contributed by atoms with E-state index in [1.807, 2.05) is 43.3 Å². The highest BCUT2D eigenvalue weighted by molar-refractivity contribution is 5.93. The Morgan fingerprint density at radius 3 is 2.46 bits per heavy atom. The average molecular weight is 323 g/mol. The molecule has 5 nitrogen and oxygen atoms in total. The molecular formula is C19H19N2O3+. The SMILES string of the molecule is COC(=O)c1ccc(Nc2cc(C)[nH+]c3ccc(OC)cc23)cc1. The number of fused-ring (bicyclic) bond motifs is 1. The van der Waals surface area contributed by atoms with E-state index in [1.54, 1.807) is 19.2 Å². The number of pyridine rings is 1. The van der Waals surface area contributed by atoms with Gasteiger partial charge >= 0.3 is 5.97 Å². The lowest BCUT2D eigenvalue weighted by molar-refractivity contribution is -0.354. The van der Waals surface area contributed by atoms with Crippen molar-refractivity contribution in [2.24, 2.45) is 0 Å². The van der Waals surface area contributed by atoms with Gasteiger partial charge < -0.3 is 14.8 Å². The Morgan fingerprint density at radius 1 is 1.04 bits per heavy atom. The second-order valence-corrected chi connectivity index (χ2v) is 5.47. The molecule has 3 aromatic rings. The van der Waals surface area contributed by atoms with Crippen LogP contribution in [0.25, 0.3) is 10.9 Å². The number of aromatic amines is 1. The molecule has 2 N–H and O–H groups in total. The second kappa shape index (κ2) is 6.58. The number of carbonyl (C=O) groups is 1. The molecule has 0 unspecified atom stereocenters. The zero-order chi connectivity index (χ0) is 17.1. The van der Waals surface area contributed by atoms with E-state index in [9.17, 15) is 4.79 Å². The van der Waals surface area contributed by atoms with E-state index >= 15 is 0 Å². The van der Waals surface area contributed by atoms with Crippen molar-refractivity contribution in [3.8, 4) is 5.75 Å². The number of esters is 1. The zero-order valence-corrected chi connectivity index (χ0v) is 13.8. The molecule has 5 heteroatoms. The number of aryl methyl sites for hydroxylation is 1. The molecular weight excluding hydrogens is 304 g/mol. The molecule has 0 spiro atoms. The number of H-pyrrole nitrogens is 1. The standard InChI is InChI=1S/C19H18N2O3/c1-12-10-18(16-11-15(23-2)8-9-17(16)20-12)21-14-6-4-13(5-7-14)19(22)24-3/h4-11H,1-3H3,(H,20,21)/p+1. The minimum atomic E-state index is -0.345. The molecule has 0 saturated heterocycles. The fraction of sp³-hybridized carbons (Fsp3) is 0.158. The van der Waals surface area contributed by atoms with Gasteiger partial charge in [-0.15, -0.1) is 0 Å². The lowest BCUT2D eigenvalue weighted by Crippen LogP contribution is -2.10. The quantitative estimate of drug-likeness (QED) is 0.747. The topological polar surface area (TPSA) is 61.7 Å². The van der Waals surface area contributed by atoms with Crippen LogP contribution in [0.1, 0.15) is 16.1 Å². The van der Waals surface area contributed by atoms with Crippen LogP contribution in [-0.4, -0.2) is 20.2 Å². The number of hydrogen-bond donors (Lipinski definition) is 1. The lowest BCUT2D eigenvalue weighted by Gasteiger charge is -2.10. The molecule has 1 heterocycles. The molecule has 3 rings (SSSR count). The van der Waals surface area contributed by atoms with Crippen molar-refractivity contribution >= 4 is 28.2 Å². The molecule has 24 heavy (non-hydrogen) atoms. The molecule has 0 fully saturated rings. The van der Waals surface area contributed by atoms with Gasteiger partial charge in [0.25, 0.3) is 0 Å². The van der Waals surface area contributed by atoms with Crippen molar-refractivity contribution in [1.29, 1.82) is 0 Å². The number of hydrogen-bond acceptors (Lipinski definition) is 4. The third-order valence-corrected chi connectivity index (χ3v) is 3.79. The maximum atomic E-state index is 11.5. The van der Waals surface area contributed by atoms with E-state index < -0.39 is 0 Å². The van der Waals surface area contributed by atoms with Gasteiger partial charge in [-0.3, -0.25) is 0 Å². The highest BCUT2D eigenvalue weighted by Crippen LogP contribution is 2.28. The molecule has 0 aliphatic heterocycles. The molecule has 0 amide bonds. The Bertz CT molecular complexity index is 889. The minimum Gasteiger partial charge on any atom is -0.497 e. The van der Waals surface area contributed by atoms with Crippen molar-refractivity contribution in [3.63, 3.8) is 0 Å². The molecule has 0 aliphatic rings. The van der Waals surface area contributed by atoms with Gasteiger partial charge in [0.2, 0.25) is 5.52 Å². The summed E-state index contributed by atoms with van der Waals surface area (Å²) in [6.07, 6.45) is 0. The average Bonchev–Trinajstić information content (AvgIpc) is 2.61. The molecule has 122 valence electrons. The highest BCUT2D eigenvalue weighted by atomic mass is 16.5. The van der Waals surface area contributed by atoms with Crippen LogP contribution < -0.4 is 15.0 Å². The predicted molar refractivity (Wildman–Crippen MR) is 92.9 cm³/mol. The molecule has 0 saturated carbocycles. The van der Waals surface area contributed by atoms with Crippen molar-refractivity contribution in [3.05, 3.63) is 59.8 Å². The van der Waals surface area contributed by atoms with E-state index in [-0.39, 0.29) is 5.97 Å². The van der Waals surface area contributed by atoms with Gasteiger partial charge in [-0.05, 0) is 36.4 Å². The Balaban J connectivity index is 1.98. The van der Waals surface area contributed by atoms with Gasteiger partial charge in [-0.2, -0.15) is 0 Å². The maximum absolute atomic E-state index is 11.5. The lowest BCUT2D eigenvalue weighted by atomic mass is 10.1. The van der Waals surface area contributed by atoms with E-state index in [0.29, 0.717) is 5.56 Å². The molecule has 0 radical (unpaired) electrons. The Hall–Kier alpha value is -3.08. The van der Waals surface area contributed by atoms with Crippen molar-refractivity contribution < 1.29 is 19.3 Å². The number of benzene rings is 2. The third-order valence-electron chi connectivity index (χ3n) is 3.79. The number of anilines is 2. The highest BCUT2D eigenvalue weighted by Gasteiger charge is 2.11. The number of rotatable bonds is 4. The number of methoxy groups -OCH3 is 2. The number of ether oxygens (including phenoxy) is 2. The monoisotopic (exact) mass is 323 g/mol. The van der Waals surface area contributed by atoms with E-state index in [4.69, 9.17) is 9.47 Å². The van der Waals surface area contributed by atoms with Crippen molar-refractivity contribution in [2.45, 2.75) is 6.92 Å². The van der Waals surface area contributed by atoms with Crippen LogP contribution in [0.2, 0.25) is 0 Å². The summed E-state index contributed by atoms with van der Waals surface area (Å²) in [5.41, 5.74) is 4.43. The van der Waals surface area contributed by atoms with Gasteiger partial charge in [0.1, 0.15) is 5.75 Å². The largest absolute Gasteiger partial charge is 0.497 e. The van der Waals surface area contributed by atoms with Crippen LogP contribution in [0, 0.1) is 6.92 Å². The Labute approximate surface area is 140 Å². The summed E-state index contributed by atoms with van der Waals surface area (Å²) >= 11 is 0. The second-order valence-electron chi connectivity index (χ2n) is 5.47. The smallest absolute Gasteiger partial charge is 0.337 e. The first kappa shape index (κ1) is 15.8. The predicted octanol–water partition coefficient (Wildman–Crippen LogP) is 3.50. The summed E-state index contributed by atoms with van der Waals surface area (Å²) in [6.45, 7) is 2.01. The van der Waals surface area contributed by atoms with Crippen LogP contribution >= 0.6 is 0 Å². The maximum Gasteiger partial charge on any atom is 0.337 e. The molecule has 1 aromatic heterocycles. The zero-order valence-electron chi connectivity index (χ0n) is 13.8. The molecule has 0 bridgehead atoms. The minimum absolute atomic E-state index is 0.345. The van der Waals surface area contributed by atoms with Crippen LogP contribution in [0.3, 0.4) is 0 Å². The third kappa shape index (κ3) is 3.15. The van der Waals surface area contributed by atoms with Gasteiger partial charge in [-0.25, -0.2) is 9.78 Å².